The molecule has 152 valence electrons. The lowest BCUT2D eigenvalue weighted by atomic mass is 10.1. The van der Waals surface area contributed by atoms with Crippen molar-refractivity contribution in [1.29, 1.82) is 0 Å². The van der Waals surface area contributed by atoms with E-state index in [0.717, 1.165) is 11.8 Å². The summed E-state index contributed by atoms with van der Waals surface area (Å²) in [6.07, 6.45) is 7.67. The Labute approximate surface area is 178 Å². The molecular weight excluding hydrogens is 414 g/mol. The highest BCUT2D eigenvalue weighted by Gasteiger charge is 2.33. The molecule has 0 unspecified atom stereocenters. The van der Waals surface area contributed by atoms with Crippen LogP contribution in [0.4, 0.5) is 0 Å². The molecule has 6 nitrogen and oxygen atoms in total. The number of carbonyl (C=O) groups is 2. The molecule has 1 heterocycles. The summed E-state index contributed by atoms with van der Waals surface area (Å²) in [7, 11) is 0. The molecule has 0 aliphatic carbocycles. The fraction of sp³-hybridized carbons (Fsp3) is 0.286. The Bertz CT molecular complexity index is 943. The summed E-state index contributed by atoms with van der Waals surface area (Å²) < 4.78 is 10.3. The van der Waals surface area contributed by atoms with Crippen LogP contribution in [-0.4, -0.2) is 35.2 Å². The van der Waals surface area contributed by atoms with Gasteiger partial charge in [-0.2, -0.15) is 0 Å². The van der Waals surface area contributed by atoms with Gasteiger partial charge in [-0.3, -0.25) is 4.79 Å². The number of amides is 1. The zero-order valence-corrected chi connectivity index (χ0v) is 17.6. The molecule has 1 amide bonds. The number of hydrogen-bond acceptors (Lipinski definition) is 6. The number of aliphatic imine (C=N–C) groups is 1. The van der Waals surface area contributed by atoms with E-state index in [9.17, 15) is 14.7 Å². The molecule has 2 rings (SSSR count). The van der Waals surface area contributed by atoms with Crippen molar-refractivity contribution in [3.8, 4) is 18.1 Å². The number of hydrogen-bond donors (Lipinski definition) is 1. The average molecular weight is 434 g/mol. The first-order valence-corrected chi connectivity index (χ1v) is 10.1. The van der Waals surface area contributed by atoms with Crippen LogP contribution in [0, 0.1) is 12.3 Å². The highest BCUT2D eigenvalue weighted by Crippen LogP contribution is 2.39. The van der Waals surface area contributed by atoms with Gasteiger partial charge in [-0.15, -0.1) is 6.42 Å². The van der Waals surface area contributed by atoms with Crippen molar-refractivity contribution in [1.82, 2.24) is 0 Å². The van der Waals surface area contributed by atoms with Crippen LogP contribution in [0.15, 0.2) is 39.4 Å². The summed E-state index contributed by atoms with van der Waals surface area (Å²) >= 11 is 7.21. The molecule has 1 aliphatic heterocycles. The molecule has 0 saturated heterocycles. The summed E-state index contributed by atoms with van der Waals surface area (Å²) in [6, 6.07) is 5.01. The number of nitrogens with zero attached hydrogens (tertiary/aromatic N) is 1. The van der Waals surface area contributed by atoms with E-state index >= 15 is 0 Å². The molecule has 1 aliphatic rings. The number of aliphatic hydroxyl groups excluding tert-OH is 1. The fourth-order valence-electron chi connectivity index (χ4n) is 2.37. The number of rotatable bonds is 7. The number of ether oxygens (including phenoxy) is 2. The Kier molecular flexibility index (Phi) is 8.37. The third kappa shape index (κ3) is 5.89. The Morgan fingerprint density at radius 3 is 2.76 bits per heavy atom. The molecule has 0 bridgehead atoms. The van der Waals surface area contributed by atoms with Gasteiger partial charge in [0.15, 0.2) is 0 Å². The van der Waals surface area contributed by atoms with Gasteiger partial charge in [0.05, 0.1) is 16.5 Å². The molecule has 0 aromatic heterocycles. The Hall–Kier alpha value is -2.69. The van der Waals surface area contributed by atoms with E-state index in [-0.39, 0.29) is 41.9 Å². The second-order valence-corrected chi connectivity index (χ2v) is 7.24. The second-order valence-electron chi connectivity index (χ2n) is 5.80. The Morgan fingerprint density at radius 2 is 2.14 bits per heavy atom. The molecule has 0 spiro atoms. The summed E-state index contributed by atoms with van der Waals surface area (Å²) in [5, 5.41) is 11.0. The lowest BCUT2D eigenvalue weighted by Crippen LogP contribution is -2.14. The first kappa shape index (κ1) is 22.6. The third-order valence-corrected chi connectivity index (χ3v) is 4.94. The largest absolute Gasteiger partial charge is 0.506 e. The van der Waals surface area contributed by atoms with E-state index in [0.29, 0.717) is 27.7 Å². The van der Waals surface area contributed by atoms with E-state index in [4.69, 9.17) is 27.5 Å². The van der Waals surface area contributed by atoms with Gasteiger partial charge >= 0.3 is 5.97 Å². The zero-order chi connectivity index (χ0) is 21.4. The topological polar surface area (TPSA) is 85.2 Å². The number of halogens is 1. The van der Waals surface area contributed by atoms with Crippen LogP contribution in [0.2, 0.25) is 5.02 Å². The minimum atomic E-state index is -0.736. The molecule has 1 N–H and O–H groups in total. The molecule has 0 saturated carbocycles. The van der Waals surface area contributed by atoms with Crippen molar-refractivity contribution in [3.63, 3.8) is 0 Å². The number of terminal acetylenes is 1. The van der Waals surface area contributed by atoms with Crippen molar-refractivity contribution in [2.45, 2.75) is 26.7 Å². The Balaban J connectivity index is 2.40. The zero-order valence-electron chi connectivity index (χ0n) is 16.0. The van der Waals surface area contributed by atoms with Crippen LogP contribution < -0.4 is 4.74 Å². The molecule has 0 atom stereocenters. The average Bonchev–Trinajstić information content (AvgIpc) is 2.96. The normalized spacial score (nSPS) is 16.2. The van der Waals surface area contributed by atoms with Crippen molar-refractivity contribution < 1.29 is 24.2 Å². The predicted molar refractivity (Wildman–Crippen MR) is 115 cm³/mol. The molecule has 1 aromatic rings. The van der Waals surface area contributed by atoms with E-state index in [2.05, 4.69) is 10.9 Å². The van der Waals surface area contributed by atoms with Crippen molar-refractivity contribution >= 4 is 46.4 Å². The lowest BCUT2D eigenvalue weighted by molar-refractivity contribution is -0.138. The summed E-state index contributed by atoms with van der Waals surface area (Å²) in [6.45, 7) is 3.73. The van der Waals surface area contributed by atoms with Crippen LogP contribution in [-0.2, 0) is 14.3 Å². The van der Waals surface area contributed by atoms with Gasteiger partial charge < -0.3 is 14.6 Å². The van der Waals surface area contributed by atoms with Crippen LogP contribution >= 0.6 is 23.4 Å². The minimum absolute atomic E-state index is 0.0913. The Morgan fingerprint density at radius 1 is 1.38 bits per heavy atom. The van der Waals surface area contributed by atoms with E-state index in [1.54, 1.807) is 31.2 Å². The van der Waals surface area contributed by atoms with Gasteiger partial charge in [-0.05, 0) is 37.1 Å². The number of esters is 1. The van der Waals surface area contributed by atoms with Crippen molar-refractivity contribution in [2.75, 3.05) is 13.2 Å². The standard InChI is InChI=1S/C21H20ClNO5S/c1-4-7-17(24)23-20-18(21(26)27-6-3)19(25)16(29-20)12-13-8-9-15(14(22)11-13)28-10-5-2/h2,8-9,11-12,25H,4,6-7,10H2,1,3H3/b16-12-,23-20?. The van der Waals surface area contributed by atoms with Gasteiger partial charge in [-0.25, -0.2) is 9.79 Å². The van der Waals surface area contributed by atoms with Crippen LogP contribution in [0.5, 0.6) is 5.75 Å². The maximum atomic E-state index is 12.3. The molecule has 29 heavy (non-hydrogen) atoms. The fourth-order valence-corrected chi connectivity index (χ4v) is 3.64. The first-order chi connectivity index (χ1) is 13.9. The van der Waals surface area contributed by atoms with E-state index in [1.807, 2.05) is 6.92 Å². The van der Waals surface area contributed by atoms with E-state index < -0.39 is 5.97 Å². The maximum Gasteiger partial charge on any atom is 0.344 e. The van der Waals surface area contributed by atoms with E-state index in [1.165, 1.54) is 0 Å². The van der Waals surface area contributed by atoms with Crippen molar-refractivity contribution in [3.05, 3.63) is 45.0 Å². The minimum Gasteiger partial charge on any atom is -0.506 e. The quantitative estimate of drug-likeness (QED) is 0.502. The molecule has 8 heteroatoms. The third-order valence-electron chi connectivity index (χ3n) is 3.63. The number of benzene rings is 1. The first-order valence-electron chi connectivity index (χ1n) is 8.89. The maximum absolute atomic E-state index is 12.3. The van der Waals surface area contributed by atoms with Crippen molar-refractivity contribution in [2.24, 2.45) is 4.99 Å². The van der Waals surface area contributed by atoms with Gasteiger partial charge in [0.25, 0.3) is 0 Å². The smallest absolute Gasteiger partial charge is 0.344 e. The number of aliphatic hydroxyl groups is 1. The number of carbonyl (C=O) groups excluding carboxylic acids is 2. The SMILES string of the molecule is C#CCOc1ccc(/C=C2\SC(=NC(=O)CCC)C(C(=O)OCC)=C2O)cc1Cl. The second kappa shape index (κ2) is 10.7. The molecule has 0 radical (unpaired) electrons. The highest BCUT2D eigenvalue weighted by atomic mass is 35.5. The van der Waals surface area contributed by atoms with Crippen LogP contribution in [0.1, 0.15) is 32.3 Å². The van der Waals surface area contributed by atoms with Gasteiger partial charge in [0.2, 0.25) is 5.91 Å². The van der Waals surface area contributed by atoms with Crippen LogP contribution in [0.3, 0.4) is 0 Å². The van der Waals surface area contributed by atoms with Crippen LogP contribution in [0.25, 0.3) is 6.08 Å². The predicted octanol–water partition coefficient (Wildman–Crippen LogP) is 4.54. The lowest BCUT2D eigenvalue weighted by Gasteiger charge is -2.06. The monoisotopic (exact) mass is 433 g/mol. The highest BCUT2D eigenvalue weighted by molar-refractivity contribution is 8.18. The van der Waals surface area contributed by atoms with Gasteiger partial charge in [-0.1, -0.05) is 42.3 Å². The summed E-state index contributed by atoms with van der Waals surface area (Å²) in [5.41, 5.74) is 0.536. The molecule has 1 aromatic carbocycles. The molecular formula is C21H20ClNO5S. The summed E-state index contributed by atoms with van der Waals surface area (Å²) in [4.78, 5) is 28.5. The summed E-state index contributed by atoms with van der Waals surface area (Å²) in [5.74, 6) is 1.39. The number of thioether (sulfide) groups is 1. The van der Waals surface area contributed by atoms with Gasteiger partial charge in [0.1, 0.15) is 28.7 Å². The van der Waals surface area contributed by atoms with Gasteiger partial charge in [0, 0.05) is 6.42 Å². The molecule has 0 fully saturated rings.